The number of imide groups is 1. The smallest absolute Gasteiger partial charge is 0.337 e. The molecule has 2 aliphatic heterocycles. The number of thioether (sulfide) groups is 1. The molecule has 11 heteroatoms. The molecule has 0 aliphatic carbocycles. The number of unbranched alkanes of at least 4 members (excludes halogenated alkanes) is 1. The van der Waals surface area contributed by atoms with Crippen LogP contribution >= 0.6 is 23.4 Å². The summed E-state index contributed by atoms with van der Waals surface area (Å²) in [4.78, 5) is 51.3. The molecule has 1 N–H and O–H groups in total. The van der Waals surface area contributed by atoms with Crippen molar-refractivity contribution in [1.29, 1.82) is 0 Å². The van der Waals surface area contributed by atoms with Crippen molar-refractivity contribution in [3.63, 3.8) is 0 Å². The minimum absolute atomic E-state index is 0.0620. The molecule has 2 saturated heterocycles. The number of nitrogens with zero attached hydrogens (tertiary/aromatic N) is 1. The summed E-state index contributed by atoms with van der Waals surface area (Å²) in [7, 11) is 0. The van der Waals surface area contributed by atoms with Crippen molar-refractivity contribution in [1.82, 2.24) is 10.2 Å². The summed E-state index contributed by atoms with van der Waals surface area (Å²) < 4.78 is 17.8. The zero-order chi connectivity index (χ0) is 29.8. The molecule has 9 nitrogen and oxygen atoms in total. The third-order valence-corrected chi connectivity index (χ3v) is 9.73. The Labute approximate surface area is 249 Å². The number of carbonyl (C=O) groups is 3. The van der Waals surface area contributed by atoms with Crippen LogP contribution in [0.4, 0.5) is 0 Å². The van der Waals surface area contributed by atoms with Gasteiger partial charge in [-0.3, -0.25) is 19.3 Å². The summed E-state index contributed by atoms with van der Waals surface area (Å²) in [6.07, 6.45) is 1.78. The van der Waals surface area contributed by atoms with E-state index in [4.69, 9.17) is 25.5 Å². The van der Waals surface area contributed by atoms with Gasteiger partial charge in [-0.05, 0) is 42.9 Å². The number of carbonyl (C=O) groups excluding carboxylic acids is 3. The fourth-order valence-electron chi connectivity index (χ4n) is 5.57. The second kappa shape index (κ2) is 13.6. The van der Waals surface area contributed by atoms with E-state index in [-0.39, 0.29) is 51.7 Å². The molecule has 2 fully saturated rings. The van der Waals surface area contributed by atoms with Crippen molar-refractivity contribution in [2.24, 2.45) is 17.8 Å². The SMILES string of the molecule is CCSC1CC(=O)N(CCCCNC(=O)c2cc(=O)oc3cc(OC4OC(CC)C(C)C(C)C4C)c(Cl)cc23)C1=O. The summed E-state index contributed by atoms with van der Waals surface area (Å²) in [5.74, 6) is 1.25. The van der Waals surface area contributed by atoms with Gasteiger partial charge in [-0.25, -0.2) is 4.79 Å². The first kappa shape index (κ1) is 31.4. The number of halogens is 1. The Morgan fingerprint density at radius 3 is 2.56 bits per heavy atom. The predicted molar refractivity (Wildman–Crippen MR) is 159 cm³/mol. The van der Waals surface area contributed by atoms with Crippen molar-refractivity contribution < 1.29 is 28.3 Å². The Kier molecular flexibility index (Phi) is 10.4. The second-order valence-electron chi connectivity index (χ2n) is 10.9. The standard InChI is InChI=1S/C30H39ClN2O7S/c1-6-22-17(4)16(3)18(5)30(39-22)40-24-14-23-19(12-21(24)31)20(13-27(35)38-23)28(36)32-10-8-9-11-33-26(34)15-25(29(33)37)41-7-2/h12-14,16-18,22,25,30H,6-11,15H2,1-5H3,(H,32,36). The molecule has 6 atom stereocenters. The van der Waals surface area contributed by atoms with E-state index in [1.165, 1.54) is 22.7 Å². The van der Waals surface area contributed by atoms with E-state index in [0.717, 1.165) is 18.2 Å². The van der Waals surface area contributed by atoms with Gasteiger partial charge < -0.3 is 19.2 Å². The van der Waals surface area contributed by atoms with Gasteiger partial charge in [-0.15, -0.1) is 11.8 Å². The molecule has 41 heavy (non-hydrogen) atoms. The highest BCUT2D eigenvalue weighted by atomic mass is 35.5. The molecule has 6 unspecified atom stereocenters. The van der Waals surface area contributed by atoms with Gasteiger partial charge in [0, 0.05) is 42.9 Å². The first-order chi connectivity index (χ1) is 19.5. The molecule has 0 bridgehead atoms. The Morgan fingerprint density at radius 1 is 1.10 bits per heavy atom. The second-order valence-corrected chi connectivity index (χ2v) is 12.8. The molecule has 2 aromatic rings. The lowest BCUT2D eigenvalue weighted by molar-refractivity contribution is -0.211. The Morgan fingerprint density at radius 2 is 1.85 bits per heavy atom. The molecule has 3 amide bonds. The lowest BCUT2D eigenvalue weighted by Crippen LogP contribution is -2.46. The molecule has 4 rings (SSSR count). The van der Waals surface area contributed by atoms with Gasteiger partial charge in [0.05, 0.1) is 21.9 Å². The van der Waals surface area contributed by atoms with Crippen LogP contribution in [0.2, 0.25) is 5.02 Å². The Balaban J connectivity index is 1.40. The van der Waals surface area contributed by atoms with Crippen LogP contribution in [-0.4, -0.2) is 59.1 Å². The molecule has 0 radical (unpaired) electrons. The molecule has 3 heterocycles. The van der Waals surface area contributed by atoms with E-state index in [9.17, 15) is 19.2 Å². The highest BCUT2D eigenvalue weighted by molar-refractivity contribution is 8.00. The van der Waals surface area contributed by atoms with Crippen LogP contribution in [0.5, 0.6) is 5.75 Å². The molecular formula is C30H39ClN2O7S. The van der Waals surface area contributed by atoms with Crippen LogP contribution < -0.4 is 15.7 Å². The number of likely N-dealkylation sites (tertiary alicyclic amines) is 1. The minimum atomic E-state index is -0.669. The van der Waals surface area contributed by atoms with E-state index in [1.807, 2.05) is 6.92 Å². The lowest BCUT2D eigenvalue weighted by Gasteiger charge is -2.43. The maximum atomic E-state index is 13.0. The third kappa shape index (κ3) is 6.92. The number of nitrogens with one attached hydrogen (secondary N) is 1. The van der Waals surface area contributed by atoms with Crippen LogP contribution in [0.15, 0.2) is 27.4 Å². The number of rotatable bonds is 11. The van der Waals surface area contributed by atoms with Crippen molar-refractivity contribution in [3.05, 3.63) is 39.2 Å². The molecule has 0 saturated carbocycles. The van der Waals surface area contributed by atoms with Gasteiger partial charge >= 0.3 is 5.63 Å². The topological polar surface area (TPSA) is 115 Å². The summed E-state index contributed by atoms with van der Waals surface area (Å²) in [6.45, 7) is 11.1. The number of amides is 3. The largest absolute Gasteiger partial charge is 0.463 e. The number of benzene rings is 1. The zero-order valence-electron chi connectivity index (χ0n) is 24.2. The average molecular weight is 607 g/mol. The average Bonchev–Trinajstić information content (AvgIpc) is 3.20. The molecule has 224 valence electrons. The van der Waals surface area contributed by atoms with E-state index >= 15 is 0 Å². The van der Waals surface area contributed by atoms with Crippen molar-refractivity contribution in [3.8, 4) is 5.75 Å². The van der Waals surface area contributed by atoms with Gasteiger partial charge in [0.15, 0.2) is 0 Å². The summed E-state index contributed by atoms with van der Waals surface area (Å²) >= 11 is 8.08. The van der Waals surface area contributed by atoms with Crippen LogP contribution in [0, 0.1) is 17.8 Å². The van der Waals surface area contributed by atoms with Gasteiger partial charge in [0.1, 0.15) is 11.3 Å². The number of ether oxygens (including phenoxy) is 2. The Hall–Kier alpha value is -2.56. The molecule has 2 aliphatic rings. The maximum Gasteiger partial charge on any atom is 0.337 e. The third-order valence-electron chi connectivity index (χ3n) is 8.33. The van der Waals surface area contributed by atoms with Gasteiger partial charge in [-0.1, -0.05) is 46.2 Å². The summed E-state index contributed by atoms with van der Waals surface area (Å²) in [6, 6.07) is 4.24. The molecule has 0 spiro atoms. The first-order valence-corrected chi connectivity index (χ1v) is 15.8. The fraction of sp³-hybridized carbons (Fsp3) is 0.600. The monoisotopic (exact) mass is 606 g/mol. The van der Waals surface area contributed by atoms with Crippen LogP contribution in [0.1, 0.15) is 70.7 Å². The van der Waals surface area contributed by atoms with Crippen LogP contribution in [0.25, 0.3) is 11.0 Å². The molecular weight excluding hydrogens is 568 g/mol. The first-order valence-electron chi connectivity index (χ1n) is 14.4. The van der Waals surface area contributed by atoms with Gasteiger partial charge in [-0.2, -0.15) is 0 Å². The van der Waals surface area contributed by atoms with Gasteiger partial charge in [0.25, 0.3) is 5.91 Å². The Bertz CT molecular complexity index is 1350. The van der Waals surface area contributed by atoms with Crippen molar-refractivity contribution in [2.45, 2.75) is 77.9 Å². The maximum absolute atomic E-state index is 13.0. The van der Waals surface area contributed by atoms with Crippen LogP contribution in [0.3, 0.4) is 0 Å². The lowest BCUT2D eigenvalue weighted by atomic mass is 9.78. The van der Waals surface area contributed by atoms with E-state index in [2.05, 4.69) is 33.0 Å². The van der Waals surface area contributed by atoms with E-state index < -0.39 is 17.8 Å². The predicted octanol–water partition coefficient (Wildman–Crippen LogP) is 5.26. The molecule has 1 aromatic carbocycles. The summed E-state index contributed by atoms with van der Waals surface area (Å²) in [5, 5.41) is 3.19. The van der Waals surface area contributed by atoms with E-state index in [0.29, 0.717) is 48.9 Å². The van der Waals surface area contributed by atoms with Gasteiger partial charge in [0.2, 0.25) is 18.1 Å². The van der Waals surface area contributed by atoms with Crippen molar-refractivity contribution >= 4 is 52.1 Å². The highest BCUT2D eigenvalue weighted by Crippen LogP contribution is 2.39. The number of hydrogen-bond acceptors (Lipinski definition) is 8. The number of fused-ring (bicyclic) bond motifs is 1. The highest BCUT2D eigenvalue weighted by Gasteiger charge is 2.40. The quantitative estimate of drug-likeness (QED) is 0.209. The fourth-order valence-corrected chi connectivity index (χ4v) is 6.71. The van der Waals surface area contributed by atoms with Crippen LogP contribution in [-0.2, 0) is 14.3 Å². The normalized spacial score (nSPS) is 26.5. The molecule has 1 aromatic heterocycles. The number of hydrogen-bond donors (Lipinski definition) is 1. The van der Waals surface area contributed by atoms with Crippen molar-refractivity contribution in [2.75, 3.05) is 18.8 Å². The summed E-state index contributed by atoms with van der Waals surface area (Å²) in [5.41, 5.74) is -0.341. The zero-order valence-corrected chi connectivity index (χ0v) is 25.8. The van der Waals surface area contributed by atoms with E-state index in [1.54, 1.807) is 6.07 Å². The minimum Gasteiger partial charge on any atom is -0.463 e.